The Labute approximate surface area is 159 Å². The lowest BCUT2D eigenvalue weighted by Crippen LogP contribution is -2.48. The molecule has 0 bridgehead atoms. The van der Waals surface area contributed by atoms with Crippen molar-refractivity contribution in [3.8, 4) is 5.75 Å². The molecule has 0 radical (unpaired) electrons. The van der Waals surface area contributed by atoms with Gasteiger partial charge in [0, 0.05) is 18.7 Å². The number of hydrogen-bond donors (Lipinski definition) is 3. The van der Waals surface area contributed by atoms with Crippen LogP contribution in [-0.4, -0.2) is 44.1 Å². The Balaban J connectivity index is 0.00000529. The number of guanidine groups is 1. The average Bonchev–Trinajstić information content (AvgIpc) is 2.45. The largest absolute Gasteiger partial charge is 0.492 e. The minimum absolute atomic E-state index is 0. The number of benzene rings is 1. The molecule has 1 aromatic rings. The van der Waals surface area contributed by atoms with Crippen LogP contribution in [0.25, 0.3) is 0 Å². The van der Waals surface area contributed by atoms with Gasteiger partial charge in [0.05, 0.1) is 13.1 Å². The SMILES string of the molecule is CN=C(NCCOc1cccc(F)c1)NCC(=O)NC(C)(C)C.I. The van der Waals surface area contributed by atoms with Gasteiger partial charge in [0.15, 0.2) is 5.96 Å². The van der Waals surface area contributed by atoms with Crippen LogP contribution in [0.15, 0.2) is 29.3 Å². The van der Waals surface area contributed by atoms with Crippen molar-refractivity contribution in [1.82, 2.24) is 16.0 Å². The molecule has 136 valence electrons. The summed E-state index contributed by atoms with van der Waals surface area (Å²) in [6, 6.07) is 5.96. The molecule has 0 fully saturated rings. The second-order valence-corrected chi connectivity index (χ2v) is 5.96. The quantitative estimate of drug-likeness (QED) is 0.267. The van der Waals surface area contributed by atoms with Crippen LogP contribution < -0.4 is 20.7 Å². The van der Waals surface area contributed by atoms with Gasteiger partial charge in [-0.3, -0.25) is 9.79 Å². The second-order valence-electron chi connectivity index (χ2n) is 5.96. The van der Waals surface area contributed by atoms with Crippen molar-refractivity contribution in [1.29, 1.82) is 0 Å². The molecule has 1 amide bonds. The van der Waals surface area contributed by atoms with Crippen molar-refractivity contribution in [3.63, 3.8) is 0 Å². The fraction of sp³-hybridized carbons (Fsp3) is 0.500. The number of hydrogen-bond acceptors (Lipinski definition) is 3. The van der Waals surface area contributed by atoms with Gasteiger partial charge in [-0.2, -0.15) is 0 Å². The van der Waals surface area contributed by atoms with Gasteiger partial charge in [-0.15, -0.1) is 24.0 Å². The van der Waals surface area contributed by atoms with Gasteiger partial charge in [-0.25, -0.2) is 4.39 Å². The Kier molecular flexibility index (Phi) is 10.3. The van der Waals surface area contributed by atoms with Crippen LogP contribution in [-0.2, 0) is 4.79 Å². The van der Waals surface area contributed by atoms with E-state index in [0.29, 0.717) is 24.9 Å². The third-order valence-corrected chi connectivity index (χ3v) is 2.61. The summed E-state index contributed by atoms with van der Waals surface area (Å²) in [4.78, 5) is 15.7. The summed E-state index contributed by atoms with van der Waals surface area (Å²) in [7, 11) is 1.62. The lowest BCUT2D eigenvalue weighted by atomic mass is 10.1. The topological polar surface area (TPSA) is 74.8 Å². The number of ether oxygens (including phenoxy) is 1. The summed E-state index contributed by atoms with van der Waals surface area (Å²) in [5, 5.41) is 8.77. The van der Waals surface area contributed by atoms with E-state index < -0.39 is 0 Å². The van der Waals surface area contributed by atoms with E-state index >= 15 is 0 Å². The molecule has 24 heavy (non-hydrogen) atoms. The molecule has 0 atom stereocenters. The molecule has 0 spiro atoms. The zero-order valence-electron chi connectivity index (χ0n) is 14.5. The van der Waals surface area contributed by atoms with Crippen LogP contribution in [0.1, 0.15) is 20.8 Å². The van der Waals surface area contributed by atoms with Crippen LogP contribution in [0.4, 0.5) is 4.39 Å². The lowest BCUT2D eigenvalue weighted by Gasteiger charge is -2.21. The van der Waals surface area contributed by atoms with Crippen molar-refractivity contribution in [3.05, 3.63) is 30.1 Å². The van der Waals surface area contributed by atoms with E-state index in [9.17, 15) is 9.18 Å². The van der Waals surface area contributed by atoms with Crippen molar-refractivity contribution in [2.24, 2.45) is 4.99 Å². The van der Waals surface area contributed by atoms with Crippen LogP contribution in [0.3, 0.4) is 0 Å². The maximum Gasteiger partial charge on any atom is 0.239 e. The molecular weight excluding hydrogens is 426 g/mol. The molecule has 0 heterocycles. The number of rotatable bonds is 6. The number of amides is 1. The molecule has 6 nitrogen and oxygen atoms in total. The molecule has 0 aliphatic rings. The lowest BCUT2D eigenvalue weighted by molar-refractivity contribution is -0.121. The smallest absolute Gasteiger partial charge is 0.239 e. The molecule has 8 heteroatoms. The monoisotopic (exact) mass is 452 g/mol. The van der Waals surface area contributed by atoms with E-state index in [-0.39, 0.29) is 47.8 Å². The fourth-order valence-corrected chi connectivity index (χ4v) is 1.74. The van der Waals surface area contributed by atoms with Gasteiger partial charge in [-0.05, 0) is 32.9 Å². The van der Waals surface area contributed by atoms with E-state index in [2.05, 4.69) is 20.9 Å². The molecule has 0 saturated carbocycles. The maximum absolute atomic E-state index is 13.0. The Morgan fingerprint density at radius 2 is 2.00 bits per heavy atom. The summed E-state index contributed by atoms with van der Waals surface area (Å²) in [6.45, 7) is 6.70. The summed E-state index contributed by atoms with van der Waals surface area (Å²) in [5.74, 6) is 0.519. The van der Waals surface area contributed by atoms with Crippen LogP contribution in [0.5, 0.6) is 5.75 Å². The molecule has 1 aromatic carbocycles. The second kappa shape index (κ2) is 11.1. The first-order valence-electron chi connectivity index (χ1n) is 7.44. The highest BCUT2D eigenvalue weighted by Crippen LogP contribution is 2.11. The highest BCUT2D eigenvalue weighted by Gasteiger charge is 2.13. The number of carbonyl (C=O) groups excluding carboxylic acids is 1. The first-order chi connectivity index (χ1) is 10.8. The zero-order valence-corrected chi connectivity index (χ0v) is 16.8. The molecular formula is C16H26FIN4O2. The van der Waals surface area contributed by atoms with Crippen LogP contribution in [0.2, 0.25) is 0 Å². The van der Waals surface area contributed by atoms with Crippen LogP contribution in [0, 0.1) is 5.82 Å². The number of nitrogens with zero attached hydrogens (tertiary/aromatic N) is 1. The molecule has 0 unspecified atom stereocenters. The van der Waals surface area contributed by atoms with E-state index in [0.717, 1.165) is 0 Å². The Morgan fingerprint density at radius 3 is 2.58 bits per heavy atom. The van der Waals surface area contributed by atoms with Crippen molar-refractivity contribution in [2.45, 2.75) is 26.3 Å². The first-order valence-corrected chi connectivity index (χ1v) is 7.44. The van der Waals surface area contributed by atoms with Gasteiger partial charge < -0.3 is 20.7 Å². The highest BCUT2D eigenvalue weighted by molar-refractivity contribution is 14.0. The van der Waals surface area contributed by atoms with Gasteiger partial charge >= 0.3 is 0 Å². The number of nitrogens with one attached hydrogen (secondary N) is 3. The number of aliphatic imine (C=N–C) groups is 1. The molecule has 0 saturated heterocycles. The van der Waals surface area contributed by atoms with Crippen molar-refractivity contribution in [2.75, 3.05) is 26.7 Å². The van der Waals surface area contributed by atoms with E-state index in [4.69, 9.17) is 4.74 Å². The fourth-order valence-electron chi connectivity index (χ4n) is 1.74. The molecule has 0 aliphatic carbocycles. The average molecular weight is 452 g/mol. The molecule has 3 N–H and O–H groups in total. The van der Waals surface area contributed by atoms with Crippen molar-refractivity contribution >= 4 is 35.8 Å². The third kappa shape index (κ3) is 10.2. The first kappa shape index (κ1) is 22.4. The summed E-state index contributed by atoms with van der Waals surface area (Å²) in [6.07, 6.45) is 0. The Bertz CT molecular complexity index is 547. The van der Waals surface area contributed by atoms with Crippen molar-refractivity contribution < 1.29 is 13.9 Å². The summed E-state index contributed by atoms with van der Waals surface area (Å²) in [5.41, 5.74) is -0.269. The number of halogens is 2. The zero-order chi connectivity index (χ0) is 17.3. The van der Waals surface area contributed by atoms with Crippen LogP contribution >= 0.6 is 24.0 Å². The maximum atomic E-state index is 13.0. The highest BCUT2D eigenvalue weighted by atomic mass is 127. The standard InChI is InChI=1S/C16H25FN4O2.HI/c1-16(2,3)21-14(22)11-20-15(18-4)19-8-9-23-13-7-5-6-12(17)10-13;/h5-7,10H,8-9,11H2,1-4H3,(H,21,22)(H2,18,19,20);1H. The molecule has 0 aromatic heterocycles. The Morgan fingerprint density at radius 1 is 1.29 bits per heavy atom. The van der Waals surface area contributed by atoms with E-state index in [1.165, 1.54) is 12.1 Å². The molecule has 0 aliphatic heterocycles. The Hall–Kier alpha value is -1.58. The minimum atomic E-state index is -0.335. The van der Waals surface area contributed by atoms with E-state index in [1.807, 2.05) is 20.8 Å². The minimum Gasteiger partial charge on any atom is -0.492 e. The summed E-state index contributed by atoms with van der Waals surface area (Å²) < 4.78 is 18.4. The van der Waals surface area contributed by atoms with Gasteiger partial charge in [-0.1, -0.05) is 6.07 Å². The third-order valence-electron chi connectivity index (χ3n) is 2.61. The summed E-state index contributed by atoms with van der Waals surface area (Å²) >= 11 is 0. The van der Waals surface area contributed by atoms with Gasteiger partial charge in [0.2, 0.25) is 5.91 Å². The van der Waals surface area contributed by atoms with Gasteiger partial charge in [0.25, 0.3) is 0 Å². The molecule has 1 rings (SSSR count). The predicted molar refractivity (Wildman–Crippen MR) is 105 cm³/mol. The predicted octanol–water partition coefficient (Wildman–Crippen LogP) is 1.90. The normalized spacial score (nSPS) is 11.3. The van der Waals surface area contributed by atoms with Gasteiger partial charge in [0.1, 0.15) is 18.2 Å². The van der Waals surface area contributed by atoms with E-state index in [1.54, 1.807) is 19.2 Å². The number of carbonyl (C=O) groups is 1.